The van der Waals surface area contributed by atoms with E-state index in [1.165, 1.54) is 12.1 Å². The number of hydrogen-bond donors (Lipinski definition) is 1. The van der Waals surface area contributed by atoms with Crippen LogP contribution in [-0.2, 0) is 6.54 Å². The van der Waals surface area contributed by atoms with Crippen LogP contribution in [0.4, 0.5) is 4.39 Å². The van der Waals surface area contributed by atoms with Gasteiger partial charge in [0.2, 0.25) is 5.89 Å². The van der Waals surface area contributed by atoms with Gasteiger partial charge in [0.25, 0.3) is 0 Å². The van der Waals surface area contributed by atoms with Crippen molar-refractivity contribution in [3.05, 3.63) is 77.2 Å². The zero-order valence-electron chi connectivity index (χ0n) is 13.5. The molecule has 2 aromatic carbocycles. The molecule has 1 N–H and O–H groups in total. The van der Waals surface area contributed by atoms with Crippen molar-refractivity contribution in [3.8, 4) is 5.75 Å². The molecule has 0 unspecified atom stereocenters. The van der Waals surface area contributed by atoms with Gasteiger partial charge >= 0.3 is 0 Å². The van der Waals surface area contributed by atoms with E-state index in [1.807, 2.05) is 24.3 Å². The van der Waals surface area contributed by atoms with Crippen LogP contribution in [0.5, 0.6) is 5.75 Å². The van der Waals surface area contributed by atoms with Crippen LogP contribution in [-0.4, -0.2) is 17.3 Å². The van der Waals surface area contributed by atoms with Gasteiger partial charge in [-0.2, -0.15) is 4.98 Å². The minimum absolute atomic E-state index is 0.135. The normalized spacial score (nSPS) is 12.1. The number of ether oxygens (including phenoxy) is 1. The Hall–Kier alpha value is -2.73. The molecule has 0 aliphatic carbocycles. The standard InChI is InChI=1S/C18H18FN3O2/c1-12-21-17(24-22-12)11-20-18(13-3-7-15(19)8-4-13)14-5-9-16(23-2)10-6-14/h3-10,18,20H,11H2,1-2H3/t18-/m1/s1. The lowest BCUT2D eigenvalue weighted by Crippen LogP contribution is -2.22. The first-order valence-corrected chi connectivity index (χ1v) is 7.57. The number of halogens is 1. The number of rotatable bonds is 6. The highest BCUT2D eigenvalue weighted by molar-refractivity contribution is 5.35. The van der Waals surface area contributed by atoms with Crippen molar-refractivity contribution in [1.29, 1.82) is 0 Å². The van der Waals surface area contributed by atoms with Crippen molar-refractivity contribution < 1.29 is 13.7 Å². The van der Waals surface area contributed by atoms with Crippen LogP contribution in [0.2, 0.25) is 0 Å². The number of nitrogens with zero attached hydrogens (tertiary/aromatic N) is 2. The molecule has 1 aromatic heterocycles. The summed E-state index contributed by atoms with van der Waals surface area (Å²) in [5.74, 6) is 1.62. The summed E-state index contributed by atoms with van der Waals surface area (Å²) in [6.07, 6.45) is 0. The van der Waals surface area contributed by atoms with Gasteiger partial charge < -0.3 is 9.26 Å². The molecule has 3 aromatic rings. The summed E-state index contributed by atoms with van der Waals surface area (Å²) < 4.78 is 23.6. The van der Waals surface area contributed by atoms with Gasteiger partial charge in [0.1, 0.15) is 11.6 Å². The number of aryl methyl sites for hydroxylation is 1. The van der Waals surface area contributed by atoms with E-state index in [0.29, 0.717) is 18.3 Å². The summed E-state index contributed by atoms with van der Waals surface area (Å²) in [6.45, 7) is 2.18. The zero-order chi connectivity index (χ0) is 16.9. The summed E-state index contributed by atoms with van der Waals surface area (Å²) in [5, 5.41) is 7.16. The molecule has 6 heteroatoms. The average Bonchev–Trinajstić information content (AvgIpc) is 3.02. The minimum atomic E-state index is -0.264. The molecule has 0 bridgehead atoms. The maximum atomic E-state index is 13.2. The quantitative estimate of drug-likeness (QED) is 0.752. The van der Waals surface area contributed by atoms with Crippen LogP contribution in [0.1, 0.15) is 28.9 Å². The molecule has 124 valence electrons. The molecular weight excluding hydrogens is 309 g/mol. The Bertz CT molecular complexity index is 785. The van der Waals surface area contributed by atoms with E-state index in [9.17, 15) is 4.39 Å². The van der Waals surface area contributed by atoms with Crippen LogP contribution in [0, 0.1) is 12.7 Å². The maximum absolute atomic E-state index is 13.2. The SMILES string of the molecule is COc1ccc([C@H](NCc2nc(C)no2)c2ccc(F)cc2)cc1. The van der Waals surface area contributed by atoms with E-state index in [1.54, 1.807) is 26.2 Å². The Balaban J connectivity index is 1.85. The maximum Gasteiger partial charge on any atom is 0.240 e. The molecule has 0 fully saturated rings. The Morgan fingerprint density at radius 1 is 1.08 bits per heavy atom. The molecule has 0 saturated heterocycles. The Morgan fingerprint density at radius 3 is 2.25 bits per heavy atom. The van der Waals surface area contributed by atoms with E-state index in [0.717, 1.165) is 16.9 Å². The van der Waals surface area contributed by atoms with Crippen LogP contribution in [0.25, 0.3) is 0 Å². The van der Waals surface area contributed by atoms with Gasteiger partial charge in [0.05, 0.1) is 19.7 Å². The number of aromatic nitrogens is 2. The van der Waals surface area contributed by atoms with E-state index < -0.39 is 0 Å². The zero-order valence-corrected chi connectivity index (χ0v) is 13.5. The molecule has 1 heterocycles. The van der Waals surface area contributed by atoms with Gasteiger partial charge in [-0.05, 0) is 42.3 Å². The van der Waals surface area contributed by atoms with Gasteiger partial charge in [0.15, 0.2) is 5.82 Å². The molecule has 1 atom stereocenters. The third-order valence-electron chi connectivity index (χ3n) is 3.68. The monoisotopic (exact) mass is 327 g/mol. The number of hydrogen-bond acceptors (Lipinski definition) is 5. The highest BCUT2D eigenvalue weighted by Crippen LogP contribution is 2.25. The summed E-state index contributed by atoms with van der Waals surface area (Å²) in [4.78, 5) is 4.19. The second-order valence-corrected chi connectivity index (χ2v) is 5.37. The third kappa shape index (κ3) is 3.78. The lowest BCUT2D eigenvalue weighted by molar-refractivity contribution is 0.359. The van der Waals surface area contributed by atoms with E-state index >= 15 is 0 Å². The minimum Gasteiger partial charge on any atom is -0.497 e. The van der Waals surface area contributed by atoms with Gasteiger partial charge in [-0.25, -0.2) is 4.39 Å². The van der Waals surface area contributed by atoms with Gasteiger partial charge in [-0.15, -0.1) is 0 Å². The van der Waals surface area contributed by atoms with E-state index in [-0.39, 0.29) is 11.9 Å². The second kappa shape index (κ2) is 7.23. The third-order valence-corrected chi connectivity index (χ3v) is 3.68. The van der Waals surface area contributed by atoms with E-state index in [2.05, 4.69) is 15.5 Å². The van der Waals surface area contributed by atoms with Crippen molar-refractivity contribution >= 4 is 0 Å². The molecule has 5 nitrogen and oxygen atoms in total. The molecular formula is C18H18FN3O2. The highest BCUT2D eigenvalue weighted by Gasteiger charge is 2.15. The van der Waals surface area contributed by atoms with Crippen LogP contribution in [0.15, 0.2) is 53.1 Å². The molecule has 0 saturated carbocycles. The summed E-state index contributed by atoms with van der Waals surface area (Å²) >= 11 is 0. The van der Waals surface area contributed by atoms with Gasteiger partial charge in [0, 0.05) is 0 Å². The highest BCUT2D eigenvalue weighted by atomic mass is 19.1. The Kier molecular flexibility index (Phi) is 4.86. The first kappa shape index (κ1) is 16.1. The van der Waals surface area contributed by atoms with Crippen molar-refractivity contribution in [2.45, 2.75) is 19.5 Å². The molecule has 24 heavy (non-hydrogen) atoms. The fourth-order valence-electron chi connectivity index (χ4n) is 2.48. The molecule has 0 aliphatic rings. The smallest absolute Gasteiger partial charge is 0.240 e. The first-order valence-electron chi connectivity index (χ1n) is 7.57. The van der Waals surface area contributed by atoms with Crippen LogP contribution < -0.4 is 10.1 Å². The van der Waals surface area contributed by atoms with Crippen molar-refractivity contribution in [2.75, 3.05) is 7.11 Å². The Morgan fingerprint density at radius 2 is 1.71 bits per heavy atom. The summed E-state index contributed by atoms with van der Waals surface area (Å²) in [5.41, 5.74) is 1.97. The second-order valence-electron chi connectivity index (χ2n) is 5.37. The molecule has 0 aliphatic heterocycles. The van der Waals surface area contributed by atoms with Gasteiger partial charge in [-0.3, -0.25) is 5.32 Å². The molecule has 0 amide bonds. The van der Waals surface area contributed by atoms with Gasteiger partial charge in [-0.1, -0.05) is 29.4 Å². The van der Waals surface area contributed by atoms with Crippen molar-refractivity contribution in [1.82, 2.24) is 15.5 Å². The number of methoxy groups -OCH3 is 1. The summed E-state index contributed by atoms with van der Waals surface area (Å²) in [7, 11) is 1.63. The molecule has 3 rings (SSSR count). The van der Waals surface area contributed by atoms with Crippen molar-refractivity contribution in [3.63, 3.8) is 0 Å². The van der Waals surface area contributed by atoms with E-state index in [4.69, 9.17) is 9.26 Å². The number of benzene rings is 2. The van der Waals surface area contributed by atoms with Crippen LogP contribution in [0.3, 0.4) is 0 Å². The number of nitrogens with one attached hydrogen (secondary N) is 1. The largest absolute Gasteiger partial charge is 0.497 e. The fraction of sp³-hybridized carbons (Fsp3) is 0.222. The average molecular weight is 327 g/mol. The lowest BCUT2D eigenvalue weighted by atomic mass is 9.98. The predicted octanol–water partition coefficient (Wildman–Crippen LogP) is 3.40. The molecule has 0 spiro atoms. The first-order chi connectivity index (χ1) is 11.7. The fourth-order valence-corrected chi connectivity index (χ4v) is 2.48. The molecule has 0 radical (unpaired) electrons. The Labute approximate surface area is 139 Å². The summed E-state index contributed by atoms with van der Waals surface area (Å²) in [6, 6.07) is 14.0. The lowest BCUT2D eigenvalue weighted by Gasteiger charge is -2.19. The van der Waals surface area contributed by atoms with Crippen molar-refractivity contribution in [2.24, 2.45) is 0 Å². The van der Waals surface area contributed by atoms with Crippen LogP contribution >= 0.6 is 0 Å². The predicted molar refractivity (Wildman–Crippen MR) is 87.1 cm³/mol. The topological polar surface area (TPSA) is 60.2 Å².